The van der Waals surface area contributed by atoms with Crippen LogP contribution in [0.3, 0.4) is 0 Å². The molecule has 3 rings (SSSR count). The number of nitrogens with one attached hydrogen (secondary N) is 2. The fourth-order valence-corrected chi connectivity index (χ4v) is 2.91. The number of carbonyl (C=O) groups is 1. The lowest BCUT2D eigenvalue weighted by Gasteiger charge is -2.09. The number of fused-ring (bicyclic) bond motifs is 1. The molecule has 0 fully saturated rings. The molecule has 1 aromatic carbocycles. The number of pyridine rings is 1. The van der Waals surface area contributed by atoms with Crippen molar-refractivity contribution in [2.45, 2.75) is 19.9 Å². The number of amides is 1. The number of H-pyrrole nitrogens is 1. The maximum absolute atomic E-state index is 12.5. The molecule has 3 aromatic rings. The molecule has 0 atom stereocenters. The Labute approximate surface area is 165 Å². The van der Waals surface area contributed by atoms with Gasteiger partial charge in [0.1, 0.15) is 24.3 Å². The van der Waals surface area contributed by atoms with Crippen LogP contribution in [0, 0.1) is 6.92 Å². The van der Waals surface area contributed by atoms with Gasteiger partial charge < -0.3 is 15.0 Å². The van der Waals surface area contributed by atoms with Crippen LogP contribution in [0.15, 0.2) is 46.2 Å². The number of aryl methyl sites for hydroxylation is 1. The molecule has 0 aliphatic carbocycles. The molecule has 9 heteroatoms. The highest BCUT2D eigenvalue weighted by Gasteiger charge is 2.11. The Morgan fingerprint density at radius 2 is 2.14 bits per heavy atom. The van der Waals surface area contributed by atoms with Gasteiger partial charge in [-0.15, -0.1) is 0 Å². The summed E-state index contributed by atoms with van der Waals surface area (Å²) in [6, 6.07) is 8.41. The number of ether oxygens (including phenoxy) is 1. The van der Waals surface area contributed by atoms with Gasteiger partial charge in [-0.1, -0.05) is 17.7 Å². The Bertz CT molecular complexity index is 1120. The minimum atomic E-state index is -0.377. The summed E-state index contributed by atoms with van der Waals surface area (Å²) in [6.45, 7) is 2.33. The third-order valence-electron chi connectivity index (χ3n) is 4.04. The second-order valence-corrected chi connectivity index (χ2v) is 6.66. The minimum absolute atomic E-state index is 0.157. The number of carbonyl (C=O) groups excluding carboxylic acids is 1. The lowest BCUT2D eigenvalue weighted by molar-refractivity contribution is -0.121. The van der Waals surface area contributed by atoms with Gasteiger partial charge >= 0.3 is 0 Å². The molecule has 0 radical (unpaired) electrons. The van der Waals surface area contributed by atoms with Crippen LogP contribution in [-0.4, -0.2) is 33.6 Å². The van der Waals surface area contributed by atoms with E-state index in [1.165, 1.54) is 17.0 Å². The lowest BCUT2D eigenvalue weighted by atomic mass is 10.2. The van der Waals surface area contributed by atoms with Gasteiger partial charge in [-0.25, -0.2) is 4.98 Å². The van der Waals surface area contributed by atoms with E-state index in [1.807, 2.05) is 0 Å². The summed E-state index contributed by atoms with van der Waals surface area (Å²) in [7, 11) is 0. The first kappa shape index (κ1) is 19.6. The van der Waals surface area contributed by atoms with Gasteiger partial charge in [0, 0.05) is 17.6 Å². The zero-order valence-corrected chi connectivity index (χ0v) is 16.0. The van der Waals surface area contributed by atoms with Crippen molar-refractivity contribution in [2.75, 3.05) is 13.2 Å². The molecule has 0 aliphatic heterocycles. The van der Waals surface area contributed by atoms with E-state index < -0.39 is 0 Å². The molecule has 0 saturated carbocycles. The average molecular weight is 403 g/mol. The summed E-state index contributed by atoms with van der Waals surface area (Å²) < 4.78 is 6.76. The highest BCUT2D eigenvalue weighted by Crippen LogP contribution is 2.17. The Balaban J connectivity index is 1.53. The van der Waals surface area contributed by atoms with E-state index in [9.17, 15) is 14.4 Å². The molecule has 2 N–H and O–H groups in total. The molecule has 28 heavy (non-hydrogen) atoms. The number of rotatable bonds is 7. The van der Waals surface area contributed by atoms with Crippen molar-refractivity contribution in [3.63, 3.8) is 0 Å². The molecular formula is C19H19ClN4O4. The number of aromatic amines is 1. The monoisotopic (exact) mass is 402 g/mol. The Hall–Kier alpha value is -3.13. The zero-order valence-electron chi connectivity index (χ0n) is 15.2. The van der Waals surface area contributed by atoms with Crippen molar-refractivity contribution in [1.82, 2.24) is 19.9 Å². The predicted molar refractivity (Wildman–Crippen MR) is 106 cm³/mol. The summed E-state index contributed by atoms with van der Waals surface area (Å²) in [5.41, 5.74) is 0.0274. The molecule has 0 aliphatic rings. The number of benzene rings is 1. The molecule has 0 bridgehead atoms. The van der Waals surface area contributed by atoms with E-state index in [4.69, 9.17) is 16.3 Å². The third-order valence-corrected chi connectivity index (χ3v) is 4.28. The molecule has 0 unspecified atom stereocenters. The third kappa shape index (κ3) is 4.77. The highest BCUT2D eigenvalue weighted by atomic mass is 35.5. The summed E-state index contributed by atoms with van der Waals surface area (Å²) in [6.07, 6.45) is 1.85. The molecule has 2 heterocycles. The van der Waals surface area contributed by atoms with E-state index >= 15 is 0 Å². The molecule has 0 saturated heterocycles. The van der Waals surface area contributed by atoms with E-state index in [0.717, 1.165) is 0 Å². The zero-order chi connectivity index (χ0) is 20.1. The summed E-state index contributed by atoms with van der Waals surface area (Å²) in [4.78, 5) is 42.7. The maximum atomic E-state index is 12.5. The molecule has 2 aromatic heterocycles. The van der Waals surface area contributed by atoms with Gasteiger partial charge in [0.25, 0.3) is 5.56 Å². The predicted octanol–water partition coefficient (Wildman–Crippen LogP) is 1.63. The average Bonchev–Trinajstić information content (AvgIpc) is 2.63. The normalized spacial score (nSPS) is 10.8. The first-order valence-corrected chi connectivity index (χ1v) is 9.06. The fourth-order valence-electron chi connectivity index (χ4n) is 2.73. The summed E-state index contributed by atoms with van der Waals surface area (Å²) in [5.74, 6) is 0.356. The van der Waals surface area contributed by atoms with Crippen LogP contribution in [0.2, 0.25) is 5.02 Å². The second-order valence-electron chi connectivity index (χ2n) is 6.23. The smallest absolute Gasteiger partial charge is 0.263 e. The standard InChI is InChI=1S/C19H19ClN4O4/c1-12-8-15(25)23-18-17(12)19(27)24(11-22-18)10-16(26)21-6-3-7-28-14-5-2-4-13(20)9-14/h2,4-5,8-9,11H,3,6-7,10H2,1H3,(H,21,26)(H,23,25). The second kappa shape index (κ2) is 8.71. The minimum Gasteiger partial charge on any atom is -0.493 e. The van der Waals surface area contributed by atoms with Gasteiger partial charge in [-0.3, -0.25) is 19.0 Å². The van der Waals surface area contributed by atoms with Crippen molar-refractivity contribution in [1.29, 1.82) is 0 Å². The van der Waals surface area contributed by atoms with E-state index in [2.05, 4.69) is 15.3 Å². The van der Waals surface area contributed by atoms with Crippen LogP contribution >= 0.6 is 11.6 Å². The summed E-state index contributed by atoms with van der Waals surface area (Å²) >= 11 is 5.88. The van der Waals surface area contributed by atoms with Gasteiger partial charge in [0.2, 0.25) is 11.5 Å². The summed E-state index contributed by atoms with van der Waals surface area (Å²) in [5, 5.41) is 3.63. The van der Waals surface area contributed by atoms with Gasteiger partial charge in [0.05, 0.1) is 12.0 Å². The molecular weight excluding hydrogens is 384 g/mol. The SMILES string of the molecule is Cc1cc(=O)[nH]c2ncn(CC(=O)NCCCOc3cccc(Cl)c3)c(=O)c12. The van der Waals surface area contributed by atoms with Crippen molar-refractivity contribution in [3.05, 3.63) is 68.0 Å². The van der Waals surface area contributed by atoms with E-state index in [0.29, 0.717) is 41.3 Å². The molecule has 146 valence electrons. The first-order chi connectivity index (χ1) is 13.4. The number of hydrogen-bond donors (Lipinski definition) is 2. The van der Waals surface area contributed by atoms with E-state index in [-0.39, 0.29) is 29.2 Å². The van der Waals surface area contributed by atoms with Crippen LogP contribution in [-0.2, 0) is 11.3 Å². The lowest BCUT2D eigenvalue weighted by Crippen LogP contribution is -2.33. The Morgan fingerprint density at radius 3 is 2.93 bits per heavy atom. The van der Waals surface area contributed by atoms with Crippen LogP contribution in [0.4, 0.5) is 0 Å². The Morgan fingerprint density at radius 1 is 1.32 bits per heavy atom. The molecule has 0 spiro atoms. The number of hydrogen-bond acceptors (Lipinski definition) is 5. The van der Waals surface area contributed by atoms with Crippen molar-refractivity contribution in [2.24, 2.45) is 0 Å². The quantitative estimate of drug-likeness (QED) is 0.584. The Kier molecular flexibility index (Phi) is 6.10. The number of aromatic nitrogens is 3. The van der Waals surface area contributed by atoms with Crippen LogP contribution < -0.4 is 21.2 Å². The van der Waals surface area contributed by atoms with Crippen molar-refractivity contribution >= 4 is 28.5 Å². The van der Waals surface area contributed by atoms with Gasteiger partial charge in [-0.2, -0.15) is 0 Å². The van der Waals surface area contributed by atoms with Crippen LogP contribution in [0.5, 0.6) is 5.75 Å². The maximum Gasteiger partial charge on any atom is 0.263 e. The van der Waals surface area contributed by atoms with Crippen molar-refractivity contribution < 1.29 is 9.53 Å². The fraction of sp³-hybridized carbons (Fsp3) is 0.263. The number of nitrogens with zero attached hydrogens (tertiary/aromatic N) is 2. The molecule has 8 nitrogen and oxygen atoms in total. The van der Waals surface area contributed by atoms with Gasteiger partial charge in [-0.05, 0) is 37.1 Å². The molecule has 1 amide bonds. The first-order valence-electron chi connectivity index (χ1n) is 8.68. The largest absolute Gasteiger partial charge is 0.493 e. The topological polar surface area (TPSA) is 106 Å². The van der Waals surface area contributed by atoms with Crippen molar-refractivity contribution in [3.8, 4) is 5.75 Å². The van der Waals surface area contributed by atoms with Crippen LogP contribution in [0.25, 0.3) is 11.0 Å². The van der Waals surface area contributed by atoms with Crippen LogP contribution in [0.1, 0.15) is 12.0 Å². The van der Waals surface area contributed by atoms with Gasteiger partial charge in [0.15, 0.2) is 0 Å². The number of halogens is 1. The van der Waals surface area contributed by atoms with E-state index in [1.54, 1.807) is 31.2 Å². The highest BCUT2D eigenvalue weighted by molar-refractivity contribution is 6.30.